The van der Waals surface area contributed by atoms with Gasteiger partial charge in [-0.15, -0.1) is 10.2 Å². The molecule has 5 nitrogen and oxygen atoms in total. The van der Waals surface area contributed by atoms with Crippen LogP contribution in [0, 0.1) is 0 Å². The summed E-state index contributed by atoms with van der Waals surface area (Å²) in [5.41, 5.74) is 0. The van der Waals surface area contributed by atoms with E-state index in [0.717, 1.165) is 31.7 Å². The Balaban J connectivity index is 1.59. The number of pyridine rings is 1. The molecule has 0 aromatic carbocycles. The van der Waals surface area contributed by atoms with Crippen molar-refractivity contribution >= 4 is 5.82 Å². The van der Waals surface area contributed by atoms with Gasteiger partial charge in [0.25, 0.3) is 0 Å². The molecule has 5 heteroatoms. The number of rotatable bonds is 6. The highest BCUT2D eigenvalue weighted by Crippen LogP contribution is 2.01. The summed E-state index contributed by atoms with van der Waals surface area (Å²) in [5.74, 6) is 0.937. The highest BCUT2D eigenvalue weighted by atomic mass is 15.2. The summed E-state index contributed by atoms with van der Waals surface area (Å²) in [4.78, 5) is 4.19. The van der Waals surface area contributed by atoms with E-state index < -0.39 is 0 Å². The number of anilines is 1. The predicted molar refractivity (Wildman–Crippen MR) is 62.0 cm³/mol. The summed E-state index contributed by atoms with van der Waals surface area (Å²) in [6.45, 7) is 1.91. The maximum atomic E-state index is 4.19. The van der Waals surface area contributed by atoms with Gasteiger partial charge in [0, 0.05) is 19.3 Å². The lowest BCUT2D eigenvalue weighted by atomic mass is 10.3. The zero-order valence-corrected chi connectivity index (χ0v) is 9.08. The van der Waals surface area contributed by atoms with E-state index in [0.29, 0.717) is 0 Å². The average Bonchev–Trinajstić information content (AvgIpc) is 2.83. The van der Waals surface area contributed by atoms with Crippen molar-refractivity contribution in [3.63, 3.8) is 0 Å². The molecule has 16 heavy (non-hydrogen) atoms. The lowest BCUT2D eigenvalue weighted by Crippen LogP contribution is -2.04. The Morgan fingerprint density at radius 1 is 1.12 bits per heavy atom. The van der Waals surface area contributed by atoms with E-state index in [9.17, 15) is 0 Å². The van der Waals surface area contributed by atoms with Gasteiger partial charge < -0.3 is 9.88 Å². The molecule has 2 aromatic rings. The van der Waals surface area contributed by atoms with Crippen molar-refractivity contribution in [2.45, 2.75) is 19.4 Å². The summed E-state index contributed by atoms with van der Waals surface area (Å²) in [6.07, 6.45) is 7.49. The summed E-state index contributed by atoms with van der Waals surface area (Å²) < 4.78 is 1.99. The molecule has 84 valence electrons. The van der Waals surface area contributed by atoms with Crippen molar-refractivity contribution < 1.29 is 0 Å². The third-order valence-electron chi connectivity index (χ3n) is 2.28. The first-order valence-electron chi connectivity index (χ1n) is 5.42. The molecule has 1 N–H and O–H groups in total. The summed E-state index contributed by atoms with van der Waals surface area (Å²) in [7, 11) is 0. The fourth-order valence-electron chi connectivity index (χ4n) is 1.44. The molecule has 0 spiro atoms. The first kappa shape index (κ1) is 10.6. The van der Waals surface area contributed by atoms with E-state index in [-0.39, 0.29) is 0 Å². The normalized spacial score (nSPS) is 10.2. The van der Waals surface area contributed by atoms with E-state index in [1.54, 1.807) is 18.9 Å². The fourth-order valence-corrected chi connectivity index (χ4v) is 1.44. The highest BCUT2D eigenvalue weighted by Gasteiger charge is 1.93. The number of nitrogens with one attached hydrogen (secondary N) is 1. The number of aryl methyl sites for hydroxylation is 1. The minimum Gasteiger partial charge on any atom is -0.370 e. The molecule has 0 amide bonds. The van der Waals surface area contributed by atoms with Crippen molar-refractivity contribution in [3.05, 3.63) is 37.1 Å². The number of unbranched alkanes of at least 4 members (excludes halogenated alkanes) is 1. The van der Waals surface area contributed by atoms with Crippen LogP contribution >= 0.6 is 0 Å². The largest absolute Gasteiger partial charge is 0.370 e. The van der Waals surface area contributed by atoms with Gasteiger partial charge in [0.2, 0.25) is 0 Å². The van der Waals surface area contributed by atoms with Crippen LogP contribution in [-0.2, 0) is 6.54 Å². The number of aromatic nitrogens is 4. The molecule has 0 saturated carbocycles. The Kier molecular flexibility index (Phi) is 3.87. The van der Waals surface area contributed by atoms with Gasteiger partial charge in [0.15, 0.2) is 0 Å². The van der Waals surface area contributed by atoms with Crippen LogP contribution in [0.25, 0.3) is 0 Å². The van der Waals surface area contributed by atoms with E-state index in [1.165, 1.54) is 0 Å². The molecule has 0 aliphatic rings. The smallest absolute Gasteiger partial charge is 0.125 e. The molecule has 0 unspecified atom stereocenters. The maximum Gasteiger partial charge on any atom is 0.125 e. The quantitative estimate of drug-likeness (QED) is 0.746. The van der Waals surface area contributed by atoms with Crippen molar-refractivity contribution in [1.29, 1.82) is 0 Å². The van der Waals surface area contributed by atoms with Gasteiger partial charge in [-0.3, -0.25) is 0 Å². The minimum atomic E-state index is 0.937. The molecule has 0 fully saturated rings. The minimum absolute atomic E-state index is 0.937. The van der Waals surface area contributed by atoms with Crippen molar-refractivity contribution in [3.8, 4) is 0 Å². The lowest BCUT2D eigenvalue weighted by molar-refractivity contribution is 0.619. The van der Waals surface area contributed by atoms with Crippen molar-refractivity contribution in [1.82, 2.24) is 19.7 Å². The molecule has 2 heterocycles. The van der Waals surface area contributed by atoms with Crippen LogP contribution in [0.3, 0.4) is 0 Å². The fraction of sp³-hybridized carbons (Fsp3) is 0.364. The summed E-state index contributed by atoms with van der Waals surface area (Å²) in [5, 5.41) is 10.8. The van der Waals surface area contributed by atoms with Crippen molar-refractivity contribution in [2.75, 3.05) is 11.9 Å². The third kappa shape index (κ3) is 3.34. The lowest BCUT2D eigenvalue weighted by Gasteiger charge is -2.04. The molecule has 0 radical (unpaired) electrons. The van der Waals surface area contributed by atoms with E-state index in [4.69, 9.17) is 0 Å². The molecule has 0 aliphatic carbocycles. The Bertz CT molecular complexity index is 384. The molecular weight excluding hydrogens is 202 g/mol. The Morgan fingerprint density at radius 2 is 2.00 bits per heavy atom. The molecule has 0 atom stereocenters. The second kappa shape index (κ2) is 5.85. The maximum absolute atomic E-state index is 4.19. The highest BCUT2D eigenvalue weighted by molar-refractivity contribution is 5.32. The standard InChI is InChI=1S/C11H15N5/c1-2-6-12-11(5-1)13-7-3-4-8-16-9-14-15-10-16/h1-2,5-6,9-10H,3-4,7-8H2,(H,12,13). The second-order valence-corrected chi connectivity index (χ2v) is 3.55. The molecule has 2 rings (SSSR count). The van der Waals surface area contributed by atoms with E-state index in [1.807, 2.05) is 22.8 Å². The molecule has 0 bridgehead atoms. The van der Waals surface area contributed by atoms with E-state index >= 15 is 0 Å². The Hall–Kier alpha value is -1.91. The second-order valence-electron chi connectivity index (χ2n) is 3.55. The van der Waals surface area contributed by atoms with Gasteiger partial charge >= 0.3 is 0 Å². The van der Waals surface area contributed by atoms with Crippen molar-refractivity contribution in [2.24, 2.45) is 0 Å². The van der Waals surface area contributed by atoms with Crippen LogP contribution in [-0.4, -0.2) is 26.3 Å². The number of hydrogen-bond acceptors (Lipinski definition) is 4. The molecule has 0 aliphatic heterocycles. The van der Waals surface area contributed by atoms with Gasteiger partial charge in [-0.05, 0) is 25.0 Å². The van der Waals surface area contributed by atoms with E-state index in [2.05, 4.69) is 20.5 Å². The van der Waals surface area contributed by atoms with Crippen LogP contribution in [0.1, 0.15) is 12.8 Å². The zero-order chi connectivity index (χ0) is 11.1. The summed E-state index contributed by atoms with van der Waals surface area (Å²) in [6, 6.07) is 5.86. The van der Waals surface area contributed by atoms with Gasteiger partial charge in [0.1, 0.15) is 18.5 Å². The van der Waals surface area contributed by atoms with Crippen LogP contribution < -0.4 is 5.32 Å². The third-order valence-corrected chi connectivity index (χ3v) is 2.28. The zero-order valence-electron chi connectivity index (χ0n) is 9.08. The monoisotopic (exact) mass is 217 g/mol. The van der Waals surface area contributed by atoms with Crippen LogP contribution in [0.2, 0.25) is 0 Å². The van der Waals surface area contributed by atoms with Crippen LogP contribution in [0.15, 0.2) is 37.1 Å². The topological polar surface area (TPSA) is 55.6 Å². The number of hydrogen-bond donors (Lipinski definition) is 1. The predicted octanol–water partition coefficient (Wildman–Crippen LogP) is 1.57. The Labute approximate surface area is 94.5 Å². The average molecular weight is 217 g/mol. The first-order chi connectivity index (χ1) is 7.95. The van der Waals surface area contributed by atoms with Gasteiger partial charge in [-0.2, -0.15) is 0 Å². The van der Waals surface area contributed by atoms with Crippen LogP contribution in [0.5, 0.6) is 0 Å². The molecule has 0 saturated heterocycles. The first-order valence-corrected chi connectivity index (χ1v) is 5.42. The Morgan fingerprint density at radius 3 is 2.75 bits per heavy atom. The summed E-state index contributed by atoms with van der Waals surface area (Å²) >= 11 is 0. The van der Waals surface area contributed by atoms with Crippen LogP contribution in [0.4, 0.5) is 5.82 Å². The molecular formula is C11H15N5. The number of nitrogens with zero attached hydrogens (tertiary/aromatic N) is 4. The molecule has 2 aromatic heterocycles. The van der Waals surface area contributed by atoms with Gasteiger partial charge in [-0.1, -0.05) is 6.07 Å². The van der Waals surface area contributed by atoms with Gasteiger partial charge in [0.05, 0.1) is 0 Å². The van der Waals surface area contributed by atoms with Gasteiger partial charge in [-0.25, -0.2) is 4.98 Å². The SMILES string of the molecule is c1ccc(NCCCCn2cnnc2)nc1.